The minimum atomic E-state index is -3.98. The zero-order valence-electron chi connectivity index (χ0n) is 20.3. The number of piperazine rings is 1. The molecule has 1 amide bonds. The molecule has 3 fully saturated rings. The molecule has 0 atom stereocenters. The first-order valence-corrected chi connectivity index (χ1v) is 13.0. The predicted octanol–water partition coefficient (Wildman–Crippen LogP) is 2.21. The third-order valence-corrected chi connectivity index (χ3v) is 8.77. The summed E-state index contributed by atoms with van der Waals surface area (Å²) in [5.41, 5.74) is -1.39. The van der Waals surface area contributed by atoms with E-state index in [0.717, 1.165) is 12.8 Å². The lowest BCUT2D eigenvalue weighted by atomic mass is 9.95. The SMILES string of the molecule is CC(C)(C)OC(=O)N1CCN(S(=O)(=O)C2(C(=O)OC(C)(C)C)CCN(C3CC3)CC2)CC1. The molecule has 32 heavy (non-hydrogen) atoms. The molecule has 0 aromatic rings. The number of nitrogens with zero attached hydrogens (tertiary/aromatic N) is 3. The maximum Gasteiger partial charge on any atom is 0.410 e. The number of hydrogen-bond acceptors (Lipinski definition) is 7. The van der Waals surface area contributed by atoms with E-state index in [-0.39, 0.29) is 39.0 Å². The van der Waals surface area contributed by atoms with Gasteiger partial charge in [-0.05, 0) is 67.2 Å². The van der Waals surface area contributed by atoms with Crippen molar-refractivity contribution in [3.8, 4) is 0 Å². The van der Waals surface area contributed by atoms with Crippen LogP contribution in [0, 0.1) is 0 Å². The number of ether oxygens (including phenoxy) is 2. The van der Waals surface area contributed by atoms with Crippen LogP contribution in [0.25, 0.3) is 0 Å². The van der Waals surface area contributed by atoms with Crippen molar-refractivity contribution in [2.24, 2.45) is 0 Å². The van der Waals surface area contributed by atoms with Gasteiger partial charge in [-0.25, -0.2) is 13.2 Å². The van der Waals surface area contributed by atoms with Gasteiger partial charge in [-0.3, -0.25) is 4.79 Å². The van der Waals surface area contributed by atoms with E-state index in [0.29, 0.717) is 19.1 Å². The lowest BCUT2D eigenvalue weighted by Crippen LogP contribution is -2.63. The summed E-state index contributed by atoms with van der Waals surface area (Å²) in [5.74, 6) is -0.657. The smallest absolute Gasteiger partial charge is 0.410 e. The molecule has 2 heterocycles. The quantitative estimate of drug-likeness (QED) is 0.578. The van der Waals surface area contributed by atoms with Crippen molar-refractivity contribution < 1.29 is 27.5 Å². The first-order valence-electron chi connectivity index (χ1n) is 11.6. The molecular weight excluding hydrogens is 434 g/mol. The summed E-state index contributed by atoms with van der Waals surface area (Å²) in [5, 5.41) is 0. The van der Waals surface area contributed by atoms with Crippen LogP contribution in [0.2, 0.25) is 0 Å². The second-order valence-electron chi connectivity index (χ2n) is 11.1. The normalized spacial score (nSPS) is 23.6. The molecule has 0 radical (unpaired) electrons. The van der Waals surface area contributed by atoms with Crippen molar-refractivity contribution in [1.82, 2.24) is 14.1 Å². The van der Waals surface area contributed by atoms with Gasteiger partial charge >= 0.3 is 12.1 Å². The fourth-order valence-corrected chi connectivity index (χ4v) is 6.40. The summed E-state index contributed by atoms with van der Waals surface area (Å²) in [7, 11) is -3.98. The van der Waals surface area contributed by atoms with Crippen molar-refractivity contribution in [3.63, 3.8) is 0 Å². The average molecular weight is 474 g/mol. The van der Waals surface area contributed by atoms with Crippen LogP contribution in [0.3, 0.4) is 0 Å². The van der Waals surface area contributed by atoms with E-state index < -0.39 is 38.0 Å². The fourth-order valence-electron chi connectivity index (χ4n) is 4.31. The van der Waals surface area contributed by atoms with Crippen molar-refractivity contribution >= 4 is 22.1 Å². The highest BCUT2D eigenvalue weighted by molar-refractivity contribution is 7.91. The van der Waals surface area contributed by atoms with Crippen molar-refractivity contribution in [2.75, 3.05) is 39.3 Å². The number of sulfonamides is 1. The van der Waals surface area contributed by atoms with Gasteiger partial charge in [0.15, 0.2) is 4.75 Å². The van der Waals surface area contributed by atoms with Gasteiger partial charge in [0.05, 0.1) is 0 Å². The van der Waals surface area contributed by atoms with Gasteiger partial charge in [0.1, 0.15) is 11.2 Å². The van der Waals surface area contributed by atoms with Gasteiger partial charge in [-0.2, -0.15) is 4.31 Å². The zero-order chi connectivity index (χ0) is 23.9. The standard InChI is InChI=1S/C22H39N3O6S/c1-20(2,3)30-18(26)22(9-11-23(12-10-22)17-7-8-17)32(28,29)25-15-13-24(14-16-25)19(27)31-21(4,5)6/h17H,7-16H2,1-6H3. The van der Waals surface area contributed by atoms with E-state index in [1.54, 1.807) is 41.5 Å². The molecule has 2 saturated heterocycles. The number of rotatable bonds is 4. The molecule has 10 heteroatoms. The molecule has 0 spiro atoms. The zero-order valence-corrected chi connectivity index (χ0v) is 21.2. The average Bonchev–Trinajstić information content (AvgIpc) is 3.50. The van der Waals surface area contributed by atoms with Crippen LogP contribution in [0.4, 0.5) is 4.79 Å². The molecule has 0 aromatic carbocycles. The van der Waals surface area contributed by atoms with Gasteiger partial charge in [-0.1, -0.05) is 0 Å². The van der Waals surface area contributed by atoms with Crippen LogP contribution in [0.15, 0.2) is 0 Å². The number of carbonyl (C=O) groups is 2. The van der Waals surface area contributed by atoms with Gasteiger partial charge in [0, 0.05) is 45.3 Å². The minimum absolute atomic E-state index is 0.137. The third-order valence-electron chi connectivity index (χ3n) is 6.16. The molecule has 3 rings (SSSR count). The highest BCUT2D eigenvalue weighted by Gasteiger charge is 2.57. The van der Waals surface area contributed by atoms with Gasteiger partial charge in [-0.15, -0.1) is 0 Å². The second-order valence-corrected chi connectivity index (χ2v) is 13.4. The second kappa shape index (κ2) is 8.76. The summed E-state index contributed by atoms with van der Waals surface area (Å²) in [6.07, 6.45) is 2.28. The molecule has 1 aliphatic carbocycles. The van der Waals surface area contributed by atoms with Crippen molar-refractivity contribution in [2.45, 2.75) is 89.2 Å². The molecule has 3 aliphatic rings. The first-order chi connectivity index (χ1) is 14.6. The van der Waals surface area contributed by atoms with Crippen LogP contribution in [0.5, 0.6) is 0 Å². The highest BCUT2D eigenvalue weighted by Crippen LogP contribution is 2.39. The Morgan fingerprint density at radius 3 is 1.75 bits per heavy atom. The topological polar surface area (TPSA) is 96.5 Å². The maximum absolute atomic E-state index is 13.9. The molecule has 0 unspecified atom stereocenters. The monoisotopic (exact) mass is 473 g/mol. The van der Waals surface area contributed by atoms with Gasteiger partial charge in [0.25, 0.3) is 0 Å². The Labute approximate surface area is 192 Å². The van der Waals surface area contributed by atoms with Crippen molar-refractivity contribution in [3.05, 3.63) is 0 Å². The number of amides is 1. The lowest BCUT2D eigenvalue weighted by molar-refractivity contribution is -0.159. The van der Waals surface area contributed by atoms with Crippen LogP contribution >= 0.6 is 0 Å². The molecule has 0 N–H and O–H groups in total. The Morgan fingerprint density at radius 1 is 0.812 bits per heavy atom. The Kier molecular flexibility index (Phi) is 6.91. The van der Waals surface area contributed by atoms with Crippen molar-refractivity contribution in [1.29, 1.82) is 0 Å². The van der Waals surface area contributed by atoms with E-state index in [1.165, 1.54) is 9.21 Å². The molecule has 9 nitrogen and oxygen atoms in total. The molecule has 0 aromatic heterocycles. The molecule has 0 bridgehead atoms. The molecule has 1 saturated carbocycles. The summed E-state index contributed by atoms with van der Waals surface area (Å²) in [4.78, 5) is 29.5. The van der Waals surface area contributed by atoms with E-state index in [2.05, 4.69) is 4.90 Å². The van der Waals surface area contributed by atoms with E-state index in [4.69, 9.17) is 9.47 Å². The van der Waals surface area contributed by atoms with E-state index >= 15 is 0 Å². The molecule has 2 aliphatic heterocycles. The Morgan fingerprint density at radius 2 is 1.31 bits per heavy atom. The molecule has 184 valence electrons. The lowest BCUT2D eigenvalue weighted by Gasteiger charge is -2.44. The number of piperidine rings is 1. The van der Waals surface area contributed by atoms with E-state index in [1.807, 2.05) is 0 Å². The first kappa shape index (κ1) is 25.2. The predicted molar refractivity (Wildman–Crippen MR) is 121 cm³/mol. The summed E-state index contributed by atoms with van der Waals surface area (Å²) in [6.45, 7) is 12.5. The van der Waals surface area contributed by atoms with Crippen LogP contribution in [-0.4, -0.2) is 95.8 Å². The van der Waals surface area contributed by atoms with Crippen LogP contribution < -0.4 is 0 Å². The van der Waals surface area contributed by atoms with E-state index in [9.17, 15) is 18.0 Å². The Hall–Kier alpha value is -1.39. The number of hydrogen-bond donors (Lipinski definition) is 0. The Bertz CT molecular complexity index is 810. The largest absolute Gasteiger partial charge is 0.459 e. The fraction of sp³-hybridized carbons (Fsp3) is 0.909. The number of carbonyl (C=O) groups excluding carboxylic acids is 2. The highest BCUT2D eigenvalue weighted by atomic mass is 32.2. The summed E-state index contributed by atoms with van der Waals surface area (Å²) >= 11 is 0. The van der Waals surface area contributed by atoms with Crippen LogP contribution in [0.1, 0.15) is 67.2 Å². The summed E-state index contributed by atoms with van der Waals surface area (Å²) in [6, 6.07) is 0.520. The minimum Gasteiger partial charge on any atom is -0.459 e. The molecular formula is C22H39N3O6S. The van der Waals surface area contributed by atoms with Gasteiger partial charge in [0.2, 0.25) is 10.0 Å². The summed E-state index contributed by atoms with van der Waals surface area (Å²) < 4.78 is 38.5. The van der Waals surface area contributed by atoms with Gasteiger partial charge < -0.3 is 19.3 Å². The third kappa shape index (κ3) is 5.56. The Balaban J connectivity index is 1.75. The number of likely N-dealkylation sites (tertiary alicyclic amines) is 1. The van der Waals surface area contributed by atoms with Crippen LogP contribution in [-0.2, 0) is 24.3 Å². The maximum atomic E-state index is 13.9. The number of esters is 1.